The van der Waals surface area contributed by atoms with Crippen LogP contribution >= 0.6 is 15.9 Å². The van der Waals surface area contributed by atoms with E-state index in [2.05, 4.69) is 20.8 Å². The molecule has 2 aliphatic heterocycles. The molecule has 2 saturated heterocycles. The van der Waals surface area contributed by atoms with Crippen molar-refractivity contribution < 1.29 is 28.6 Å². The van der Waals surface area contributed by atoms with Crippen LogP contribution in [-0.4, -0.2) is 103 Å². The minimum Gasteiger partial charge on any atom is -0.478 e. The van der Waals surface area contributed by atoms with Gasteiger partial charge in [-0.2, -0.15) is 0 Å². The highest BCUT2D eigenvalue weighted by atomic mass is 79.9. The van der Waals surface area contributed by atoms with Crippen LogP contribution in [0.2, 0.25) is 0 Å². The second kappa shape index (κ2) is 16.2. The van der Waals surface area contributed by atoms with Crippen molar-refractivity contribution in [3.63, 3.8) is 0 Å². The molecule has 0 radical (unpaired) electrons. The van der Waals surface area contributed by atoms with Crippen molar-refractivity contribution in [1.29, 1.82) is 0 Å². The molecule has 0 N–H and O–H groups in total. The summed E-state index contributed by atoms with van der Waals surface area (Å²) in [6.07, 6.45) is 1.37. The third kappa shape index (κ3) is 10.6. The lowest BCUT2D eigenvalue weighted by molar-refractivity contribution is -0.147. The number of benzene rings is 2. The van der Waals surface area contributed by atoms with Crippen LogP contribution in [0.3, 0.4) is 0 Å². The molecule has 0 saturated carbocycles. The molecule has 10 nitrogen and oxygen atoms in total. The third-order valence-corrected chi connectivity index (χ3v) is 8.90. The standard InChI is InChI=1S/C36H51BrN4O6/c1-7-45-23-22-41(25-27-13-15-29(37)16-14-27)32(42)28-10-9-17-40(26-28)30-11-8-12-31(24-30)46-36(5,6)33(43)38-18-20-39(21-19-38)34(44)47-35(2,3)4/h8,11-16,24,28H,7,9-10,17-23,25-26H2,1-6H3/t28-/m1/s1. The van der Waals surface area contributed by atoms with Crippen LogP contribution in [0.25, 0.3) is 0 Å². The fourth-order valence-corrected chi connectivity index (χ4v) is 6.21. The first kappa shape index (κ1) is 36.5. The smallest absolute Gasteiger partial charge is 0.410 e. The number of carbonyl (C=O) groups is 3. The average molecular weight is 716 g/mol. The van der Waals surface area contributed by atoms with Gasteiger partial charge in [-0.05, 0) is 84.2 Å². The zero-order valence-electron chi connectivity index (χ0n) is 28.8. The molecule has 4 rings (SSSR count). The molecule has 0 spiro atoms. The van der Waals surface area contributed by atoms with Gasteiger partial charge in [0.25, 0.3) is 5.91 Å². The summed E-state index contributed by atoms with van der Waals surface area (Å²) in [6.45, 7) is 16.3. The van der Waals surface area contributed by atoms with Gasteiger partial charge in [0, 0.05) is 75.2 Å². The zero-order chi connectivity index (χ0) is 34.2. The number of amides is 3. The topological polar surface area (TPSA) is 91.9 Å². The quantitative estimate of drug-likeness (QED) is 0.265. The number of rotatable bonds is 11. The molecule has 1 atom stereocenters. The van der Waals surface area contributed by atoms with Crippen molar-refractivity contribution in [3.8, 4) is 5.75 Å². The highest BCUT2D eigenvalue weighted by molar-refractivity contribution is 9.10. The van der Waals surface area contributed by atoms with E-state index < -0.39 is 11.2 Å². The summed E-state index contributed by atoms with van der Waals surface area (Å²) in [7, 11) is 0. The molecule has 11 heteroatoms. The Morgan fingerprint density at radius 2 is 1.62 bits per heavy atom. The van der Waals surface area contributed by atoms with Gasteiger partial charge in [-0.1, -0.05) is 34.1 Å². The number of halogens is 1. The molecule has 2 aliphatic rings. The summed E-state index contributed by atoms with van der Waals surface area (Å²) in [4.78, 5) is 47.4. The monoisotopic (exact) mass is 714 g/mol. The van der Waals surface area contributed by atoms with E-state index in [4.69, 9.17) is 14.2 Å². The van der Waals surface area contributed by atoms with Crippen molar-refractivity contribution in [2.45, 2.75) is 72.1 Å². The van der Waals surface area contributed by atoms with Crippen molar-refractivity contribution in [3.05, 3.63) is 58.6 Å². The van der Waals surface area contributed by atoms with Crippen LogP contribution < -0.4 is 9.64 Å². The van der Waals surface area contributed by atoms with Gasteiger partial charge >= 0.3 is 6.09 Å². The number of piperazine rings is 1. The van der Waals surface area contributed by atoms with Gasteiger partial charge in [-0.25, -0.2) is 4.79 Å². The number of ether oxygens (including phenoxy) is 3. The predicted molar refractivity (Wildman–Crippen MR) is 187 cm³/mol. The van der Waals surface area contributed by atoms with Crippen LogP contribution in [0.5, 0.6) is 5.75 Å². The molecule has 0 aliphatic carbocycles. The Hall–Kier alpha value is -3.31. The van der Waals surface area contributed by atoms with E-state index in [-0.39, 0.29) is 23.8 Å². The summed E-state index contributed by atoms with van der Waals surface area (Å²) in [6, 6.07) is 15.9. The maximum atomic E-state index is 13.9. The van der Waals surface area contributed by atoms with E-state index in [1.165, 1.54) is 0 Å². The summed E-state index contributed by atoms with van der Waals surface area (Å²) >= 11 is 3.49. The lowest BCUT2D eigenvalue weighted by atomic mass is 9.95. The number of nitrogens with zero attached hydrogens (tertiary/aromatic N) is 4. The Morgan fingerprint density at radius 3 is 2.28 bits per heavy atom. The Kier molecular flexibility index (Phi) is 12.6. The molecule has 3 amide bonds. The maximum Gasteiger partial charge on any atom is 0.410 e. The molecule has 2 heterocycles. The molecule has 0 bridgehead atoms. The highest BCUT2D eigenvalue weighted by Crippen LogP contribution is 2.30. The molecule has 0 unspecified atom stereocenters. The molecule has 0 aromatic heterocycles. The van der Waals surface area contributed by atoms with E-state index in [9.17, 15) is 14.4 Å². The van der Waals surface area contributed by atoms with Gasteiger partial charge in [0.05, 0.1) is 12.5 Å². The lowest BCUT2D eigenvalue weighted by Gasteiger charge is -2.39. The van der Waals surface area contributed by atoms with E-state index in [1.54, 1.807) is 23.6 Å². The second-order valence-corrected chi connectivity index (χ2v) is 14.7. The first-order chi connectivity index (χ1) is 22.3. The number of hydrogen-bond acceptors (Lipinski definition) is 7. The molecule has 2 aromatic carbocycles. The van der Waals surface area contributed by atoms with Gasteiger partial charge < -0.3 is 33.8 Å². The SMILES string of the molecule is CCOCCN(Cc1ccc(Br)cc1)C(=O)[C@@H]1CCCN(c2cccc(OC(C)(C)C(=O)N3CCN(C(=O)OC(C)(C)C)CC3)c2)C1. The van der Waals surface area contributed by atoms with Gasteiger partial charge in [0.2, 0.25) is 5.91 Å². The molecule has 2 fully saturated rings. The predicted octanol–water partition coefficient (Wildman–Crippen LogP) is 5.97. The largest absolute Gasteiger partial charge is 0.478 e. The summed E-state index contributed by atoms with van der Waals surface area (Å²) in [5, 5.41) is 0. The van der Waals surface area contributed by atoms with Gasteiger partial charge in [0.15, 0.2) is 5.60 Å². The number of carbonyl (C=O) groups excluding carboxylic acids is 3. The Morgan fingerprint density at radius 1 is 0.936 bits per heavy atom. The first-order valence-corrected chi connectivity index (χ1v) is 17.5. The molecule has 258 valence electrons. The van der Waals surface area contributed by atoms with Crippen molar-refractivity contribution in [2.24, 2.45) is 5.92 Å². The van der Waals surface area contributed by atoms with Gasteiger partial charge in [0.1, 0.15) is 11.4 Å². The highest BCUT2D eigenvalue weighted by Gasteiger charge is 2.37. The van der Waals surface area contributed by atoms with Crippen LogP contribution in [0, 0.1) is 5.92 Å². The normalized spacial score (nSPS) is 17.3. The van der Waals surface area contributed by atoms with Gasteiger partial charge in [-0.15, -0.1) is 0 Å². The lowest BCUT2D eigenvalue weighted by Crippen LogP contribution is -2.57. The third-order valence-electron chi connectivity index (χ3n) is 8.37. The van der Waals surface area contributed by atoms with Crippen LogP contribution in [0.1, 0.15) is 59.9 Å². The van der Waals surface area contributed by atoms with Crippen LogP contribution in [-0.2, 0) is 25.6 Å². The van der Waals surface area contributed by atoms with Crippen LogP contribution in [0.15, 0.2) is 53.0 Å². The number of hydrogen-bond donors (Lipinski definition) is 0. The minimum atomic E-state index is -1.11. The average Bonchev–Trinajstić information content (AvgIpc) is 3.04. The summed E-state index contributed by atoms with van der Waals surface area (Å²) in [5.41, 5.74) is 0.366. The van der Waals surface area contributed by atoms with E-state index >= 15 is 0 Å². The first-order valence-electron chi connectivity index (χ1n) is 16.7. The maximum absolute atomic E-state index is 13.9. The van der Waals surface area contributed by atoms with Crippen LogP contribution in [0.4, 0.5) is 10.5 Å². The van der Waals surface area contributed by atoms with E-state index in [1.807, 2.05) is 81.1 Å². The zero-order valence-corrected chi connectivity index (χ0v) is 30.4. The number of anilines is 1. The fourth-order valence-electron chi connectivity index (χ4n) is 5.95. The Balaban J connectivity index is 1.37. The Labute approximate surface area is 288 Å². The second-order valence-electron chi connectivity index (χ2n) is 13.7. The Bertz CT molecular complexity index is 1350. The molecule has 47 heavy (non-hydrogen) atoms. The van der Waals surface area contributed by atoms with Crippen molar-refractivity contribution in [2.75, 3.05) is 63.9 Å². The molecular weight excluding hydrogens is 664 g/mol. The molecule has 2 aromatic rings. The fraction of sp³-hybridized carbons (Fsp3) is 0.583. The molecular formula is C36H51BrN4O6. The van der Waals surface area contributed by atoms with Gasteiger partial charge in [-0.3, -0.25) is 9.59 Å². The summed E-state index contributed by atoms with van der Waals surface area (Å²) in [5.74, 6) is 0.467. The van der Waals surface area contributed by atoms with Crippen molar-refractivity contribution >= 4 is 39.5 Å². The minimum absolute atomic E-state index is 0.131. The van der Waals surface area contributed by atoms with E-state index in [0.717, 1.165) is 35.1 Å². The summed E-state index contributed by atoms with van der Waals surface area (Å²) < 4.78 is 18.4. The van der Waals surface area contributed by atoms with E-state index in [0.29, 0.717) is 64.8 Å². The number of piperidine rings is 1. The van der Waals surface area contributed by atoms with Crippen molar-refractivity contribution in [1.82, 2.24) is 14.7 Å².